The van der Waals surface area contributed by atoms with Crippen LogP contribution in [0.15, 0.2) is 55.1 Å². The van der Waals surface area contributed by atoms with Gasteiger partial charge in [-0.15, -0.1) is 0 Å². The zero-order chi connectivity index (χ0) is 13.2. The van der Waals surface area contributed by atoms with Gasteiger partial charge in [-0.3, -0.25) is 4.57 Å². The third-order valence-electron chi connectivity index (χ3n) is 3.02. The highest BCUT2D eigenvalue weighted by atomic mass is 32.1. The summed E-state index contributed by atoms with van der Waals surface area (Å²) in [6.45, 7) is 0.500. The Kier molecular flexibility index (Phi) is 3.05. The number of aromatic nitrogens is 1. The number of aryl methyl sites for hydroxylation is 2. The van der Waals surface area contributed by atoms with Crippen LogP contribution in [0.3, 0.4) is 0 Å². The van der Waals surface area contributed by atoms with Crippen LogP contribution in [0.2, 0.25) is 0 Å². The summed E-state index contributed by atoms with van der Waals surface area (Å²) in [5.74, 6) is -0.598. The fraction of sp³-hybridized carbons (Fsp3) is 0.143. The number of nitrogens with zero attached hydrogens (tertiary/aromatic N) is 1. The molecule has 0 N–H and O–H groups in total. The van der Waals surface area contributed by atoms with E-state index < -0.39 is 11.4 Å². The first-order valence-electron chi connectivity index (χ1n) is 5.89. The van der Waals surface area contributed by atoms with Crippen LogP contribution in [0.5, 0.6) is 0 Å². The lowest BCUT2D eigenvalue weighted by Gasteiger charge is -2.07. The number of benzene rings is 1. The molecule has 0 saturated heterocycles. The van der Waals surface area contributed by atoms with Gasteiger partial charge in [0.2, 0.25) is 0 Å². The van der Waals surface area contributed by atoms with Crippen molar-refractivity contribution < 1.29 is 4.42 Å². The summed E-state index contributed by atoms with van der Waals surface area (Å²) < 4.78 is 6.25. The Hall–Kier alpha value is -2.14. The van der Waals surface area contributed by atoms with Crippen molar-refractivity contribution in [3.05, 3.63) is 67.6 Å². The Morgan fingerprint density at radius 1 is 1.16 bits per heavy atom. The molecule has 0 unspecified atom stereocenters. The maximum Gasteiger partial charge on any atom is 0.422 e. The molecule has 5 heteroatoms. The fourth-order valence-electron chi connectivity index (χ4n) is 2.06. The molecule has 3 rings (SSSR count). The predicted octanol–water partition coefficient (Wildman–Crippen LogP) is 2.26. The highest BCUT2D eigenvalue weighted by Gasteiger charge is 2.08. The minimum Gasteiger partial charge on any atom is -0.372 e. The summed E-state index contributed by atoms with van der Waals surface area (Å²) in [4.78, 5) is 23.4. The van der Waals surface area contributed by atoms with Crippen LogP contribution in [-0.2, 0) is 13.0 Å². The van der Waals surface area contributed by atoms with Crippen molar-refractivity contribution in [1.29, 1.82) is 0 Å². The molecule has 19 heavy (non-hydrogen) atoms. The van der Waals surface area contributed by atoms with Gasteiger partial charge in [0.15, 0.2) is 0 Å². The first-order valence-corrected chi connectivity index (χ1v) is 6.84. The van der Waals surface area contributed by atoms with E-state index in [1.54, 1.807) is 29.5 Å². The van der Waals surface area contributed by atoms with Gasteiger partial charge >= 0.3 is 11.4 Å². The summed E-state index contributed by atoms with van der Waals surface area (Å²) in [5, 5.41) is 4.49. The highest BCUT2D eigenvalue weighted by Crippen LogP contribution is 2.10. The molecule has 0 saturated carbocycles. The van der Waals surface area contributed by atoms with Crippen LogP contribution in [-0.4, -0.2) is 4.57 Å². The average molecular weight is 273 g/mol. The van der Waals surface area contributed by atoms with E-state index in [-0.39, 0.29) is 0 Å². The predicted molar refractivity (Wildman–Crippen MR) is 74.8 cm³/mol. The SMILES string of the molecule is O=c1oc(=O)n(CCc2ccsc2)c2ccccc12. The number of fused-ring (bicyclic) bond motifs is 1. The van der Waals surface area contributed by atoms with Crippen molar-refractivity contribution in [3.63, 3.8) is 0 Å². The van der Waals surface area contributed by atoms with Gasteiger partial charge in [-0.2, -0.15) is 11.3 Å². The molecular formula is C14H11NO3S. The van der Waals surface area contributed by atoms with E-state index in [9.17, 15) is 9.59 Å². The monoisotopic (exact) mass is 273 g/mol. The Balaban J connectivity index is 2.07. The zero-order valence-electron chi connectivity index (χ0n) is 10.0. The quantitative estimate of drug-likeness (QED) is 0.735. The van der Waals surface area contributed by atoms with Crippen molar-refractivity contribution in [1.82, 2.24) is 4.57 Å². The first-order chi connectivity index (χ1) is 9.25. The van der Waals surface area contributed by atoms with Crippen molar-refractivity contribution in [3.8, 4) is 0 Å². The van der Waals surface area contributed by atoms with Crippen molar-refractivity contribution in [2.45, 2.75) is 13.0 Å². The van der Waals surface area contributed by atoms with Gasteiger partial charge in [0.1, 0.15) is 0 Å². The maximum atomic E-state index is 11.8. The molecule has 0 fully saturated rings. The molecule has 2 aromatic heterocycles. The van der Waals surface area contributed by atoms with E-state index in [1.165, 1.54) is 10.1 Å². The molecule has 0 radical (unpaired) electrons. The molecule has 1 aromatic carbocycles. The third kappa shape index (κ3) is 2.24. The van der Waals surface area contributed by atoms with Crippen LogP contribution in [0.25, 0.3) is 10.9 Å². The highest BCUT2D eigenvalue weighted by molar-refractivity contribution is 7.07. The van der Waals surface area contributed by atoms with Crippen molar-refractivity contribution >= 4 is 22.2 Å². The summed E-state index contributed by atoms with van der Waals surface area (Å²) in [5.41, 5.74) is 1.22. The molecule has 0 aliphatic carbocycles. The largest absolute Gasteiger partial charge is 0.422 e. The lowest BCUT2D eigenvalue weighted by atomic mass is 10.2. The van der Waals surface area contributed by atoms with Crippen molar-refractivity contribution in [2.75, 3.05) is 0 Å². The molecule has 4 nitrogen and oxygen atoms in total. The molecule has 3 aromatic rings. The van der Waals surface area contributed by atoms with Gasteiger partial charge in [-0.25, -0.2) is 9.59 Å². The number of hydrogen-bond donors (Lipinski definition) is 0. The molecule has 0 aliphatic heterocycles. The normalized spacial score (nSPS) is 10.9. The molecule has 0 amide bonds. The third-order valence-corrected chi connectivity index (χ3v) is 3.75. The van der Waals surface area contributed by atoms with Gasteiger partial charge in [-0.1, -0.05) is 12.1 Å². The van der Waals surface area contributed by atoms with Crippen LogP contribution in [0.4, 0.5) is 0 Å². The maximum absolute atomic E-state index is 11.8. The molecule has 0 spiro atoms. The fourth-order valence-corrected chi connectivity index (χ4v) is 2.76. The molecule has 0 aliphatic rings. The number of para-hydroxylation sites is 1. The molecule has 96 valence electrons. The second kappa shape index (κ2) is 4.85. The van der Waals surface area contributed by atoms with Crippen LogP contribution in [0, 0.1) is 0 Å². The van der Waals surface area contributed by atoms with Gasteiger partial charge in [-0.05, 0) is 40.9 Å². The second-order valence-corrected chi connectivity index (χ2v) is 4.99. The van der Waals surface area contributed by atoms with E-state index >= 15 is 0 Å². The standard InChI is InChI=1S/C14H11NO3S/c16-13-11-3-1-2-4-12(11)15(14(17)18-13)7-5-10-6-8-19-9-10/h1-4,6,8-9H,5,7H2. The Labute approximate surface area is 112 Å². The smallest absolute Gasteiger partial charge is 0.372 e. The lowest BCUT2D eigenvalue weighted by Crippen LogP contribution is -2.25. The van der Waals surface area contributed by atoms with Gasteiger partial charge in [0.25, 0.3) is 0 Å². The molecule has 2 heterocycles. The average Bonchev–Trinajstić information content (AvgIpc) is 2.92. The van der Waals surface area contributed by atoms with E-state index in [0.29, 0.717) is 17.4 Å². The topological polar surface area (TPSA) is 52.2 Å². The minimum atomic E-state index is -0.598. The Bertz CT molecular complexity index is 815. The zero-order valence-corrected chi connectivity index (χ0v) is 10.9. The number of thiophene rings is 1. The molecular weight excluding hydrogens is 262 g/mol. The van der Waals surface area contributed by atoms with E-state index in [2.05, 4.69) is 0 Å². The second-order valence-electron chi connectivity index (χ2n) is 4.21. The van der Waals surface area contributed by atoms with Gasteiger partial charge in [0, 0.05) is 6.54 Å². The van der Waals surface area contributed by atoms with E-state index in [4.69, 9.17) is 4.42 Å². The van der Waals surface area contributed by atoms with E-state index in [1.807, 2.05) is 22.9 Å². The van der Waals surface area contributed by atoms with E-state index in [0.717, 1.165) is 6.42 Å². The summed E-state index contributed by atoms with van der Waals surface area (Å²) in [7, 11) is 0. The van der Waals surface area contributed by atoms with Crippen molar-refractivity contribution in [2.24, 2.45) is 0 Å². The van der Waals surface area contributed by atoms with Gasteiger partial charge < -0.3 is 4.42 Å². The molecule has 0 bridgehead atoms. The summed E-state index contributed by atoms with van der Waals surface area (Å²) in [6.07, 6.45) is 0.737. The first kappa shape index (κ1) is 11.9. The van der Waals surface area contributed by atoms with Gasteiger partial charge in [0.05, 0.1) is 10.9 Å². The Morgan fingerprint density at radius 2 is 2.00 bits per heavy atom. The minimum absolute atomic E-state index is 0.437. The number of hydrogen-bond acceptors (Lipinski definition) is 4. The van der Waals surface area contributed by atoms with Crippen LogP contribution < -0.4 is 11.4 Å². The number of rotatable bonds is 3. The summed E-state index contributed by atoms with van der Waals surface area (Å²) >= 11 is 1.62. The Morgan fingerprint density at radius 3 is 2.79 bits per heavy atom. The lowest BCUT2D eigenvalue weighted by molar-refractivity contribution is 0.416. The van der Waals surface area contributed by atoms with Crippen LogP contribution >= 0.6 is 11.3 Å². The molecule has 0 atom stereocenters. The van der Waals surface area contributed by atoms with Crippen LogP contribution in [0.1, 0.15) is 5.56 Å². The summed E-state index contributed by atoms with van der Waals surface area (Å²) in [6, 6.07) is 9.02.